The van der Waals surface area contributed by atoms with Gasteiger partial charge in [0, 0.05) is 19.8 Å². The van der Waals surface area contributed by atoms with Crippen LogP contribution in [0.1, 0.15) is 44.9 Å². The maximum absolute atomic E-state index is 6.19. The van der Waals surface area contributed by atoms with Crippen LogP contribution >= 0.6 is 0 Å². The predicted molar refractivity (Wildman–Crippen MR) is 108 cm³/mol. The molecule has 3 saturated heterocycles. The molecule has 164 valence electrons. The molecule has 0 radical (unpaired) electrons. The molecule has 3 aliphatic heterocycles. The number of epoxide rings is 3. The minimum atomic E-state index is -0.0370. The topological polar surface area (TPSA) is 74.5 Å². The molecule has 3 rings (SSSR count). The fraction of sp³-hybridized carbons (Fsp3) is 1.00. The zero-order chi connectivity index (χ0) is 19.5. The summed E-state index contributed by atoms with van der Waals surface area (Å²) >= 11 is 0. The second kappa shape index (κ2) is 12.6. The highest BCUT2D eigenvalue weighted by Crippen LogP contribution is 2.30. The SMILES string of the molecule is [SiH3]OC(CCCCOCC1CO1)(CCCOCC1CO1)CCCOCC1CO1. The second-order valence-electron chi connectivity index (χ2n) is 8.14. The average Bonchev–Trinajstić information content (AvgIpc) is 3.56. The predicted octanol–water partition coefficient (Wildman–Crippen LogP) is 0.999. The molecule has 0 aliphatic carbocycles. The van der Waals surface area contributed by atoms with E-state index in [1.165, 1.54) is 0 Å². The minimum absolute atomic E-state index is 0.0370. The monoisotopic (exact) mass is 418 g/mol. The molecule has 0 bridgehead atoms. The molecule has 0 saturated carbocycles. The molecule has 3 fully saturated rings. The van der Waals surface area contributed by atoms with Crippen molar-refractivity contribution in [2.45, 2.75) is 68.9 Å². The summed E-state index contributed by atoms with van der Waals surface area (Å²) in [6.45, 7) is 7.16. The zero-order valence-corrected chi connectivity index (χ0v) is 19.4. The van der Waals surface area contributed by atoms with Gasteiger partial charge in [-0.05, 0) is 44.9 Å². The summed E-state index contributed by atoms with van der Waals surface area (Å²) in [4.78, 5) is 0. The smallest absolute Gasteiger partial charge is 0.146 e. The first kappa shape index (κ1) is 22.6. The highest BCUT2D eigenvalue weighted by Gasteiger charge is 2.29. The van der Waals surface area contributed by atoms with Crippen molar-refractivity contribution in [1.82, 2.24) is 0 Å². The number of unbranched alkanes of at least 4 members (excludes halogenated alkanes) is 1. The Balaban J connectivity index is 1.30. The molecule has 0 amide bonds. The molecule has 8 heteroatoms. The first-order valence-electron chi connectivity index (χ1n) is 10.9. The Morgan fingerprint density at radius 1 is 0.643 bits per heavy atom. The van der Waals surface area contributed by atoms with Crippen molar-refractivity contribution in [1.29, 1.82) is 0 Å². The molecule has 0 spiro atoms. The summed E-state index contributed by atoms with van der Waals surface area (Å²) in [5.74, 6) is 0. The van der Waals surface area contributed by atoms with E-state index in [4.69, 9.17) is 32.8 Å². The maximum atomic E-state index is 6.19. The Labute approximate surface area is 172 Å². The van der Waals surface area contributed by atoms with Gasteiger partial charge in [0.1, 0.15) is 28.8 Å². The van der Waals surface area contributed by atoms with Crippen LogP contribution in [0.15, 0.2) is 0 Å². The average molecular weight is 419 g/mol. The van der Waals surface area contributed by atoms with E-state index in [1.54, 1.807) is 0 Å². The van der Waals surface area contributed by atoms with Crippen LogP contribution in [-0.2, 0) is 32.8 Å². The molecule has 3 heterocycles. The number of rotatable bonds is 20. The van der Waals surface area contributed by atoms with E-state index in [-0.39, 0.29) is 5.60 Å². The van der Waals surface area contributed by atoms with E-state index in [0.29, 0.717) is 18.3 Å². The van der Waals surface area contributed by atoms with E-state index in [0.717, 1.165) is 115 Å². The Bertz CT molecular complexity index is 391. The van der Waals surface area contributed by atoms with Gasteiger partial charge >= 0.3 is 0 Å². The Kier molecular flexibility index (Phi) is 10.2. The number of ether oxygens (including phenoxy) is 6. The lowest BCUT2D eigenvalue weighted by molar-refractivity contribution is 0.0179. The lowest BCUT2D eigenvalue weighted by atomic mass is 9.87. The molecule has 0 aromatic carbocycles. The Hall–Kier alpha value is -0.0631. The normalized spacial score (nSPS) is 27.6. The second-order valence-corrected chi connectivity index (χ2v) is 8.55. The lowest BCUT2D eigenvalue weighted by Crippen LogP contribution is -2.33. The van der Waals surface area contributed by atoms with Gasteiger partial charge in [0.2, 0.25) is 0 Å². The highest BCUT2D eigenvalue weighted by molar-refractivity contribution is 5.98. The van der Waals surface area contributed by atoms with Crippen molar-refractivity contribution in [3.05, 3.63) is 0 Å². The van der Waals surface area contributed by atoms with E-state index in [9.17, 15) is 0 Å². The first-order valence-corrected chi connectivity index (χ1v) is 11.7. The quantitative estimate of drug-likeness (QED) is 0.166. The molecule has 3 aliphatic rings. The molecule has 3 atom stereocenters. The van der Waals surface area contributed by atoms with Gasteiger partial charge in [0.05, 0.1) is 45.2 Å². The largest absolute Gasteiger partial charge is 0.422 e. The van der Waals surface area contributed by atoms with E-state index >= 15 is 0 Å². The summed E-state index contributed by atoms with van der Waals surface area (Å²) in [6, 6.07) is 0. The molecule has 3 unspecified atom stereocenters. The van der Waals surface area contributed by atoms with E-state index in [1.807, 2.05) is 0 Å². The molecule has 0 aromatic heterocycles. The van der Waals surface area contributed by atoms with Crippen molar-refractivity contribution in [2.24, 2.45) is 0 Å². The Morgan fingerprint density at radius 2 is 1.04 bits per heavy atom. The van der Waals surface area contributed by atoms with Crippen LogP contribution in [0, 0.1) is 0 Å². The highest BCUT2D eigenvalue weighted by atomic mass is 28.2. The van der Waals surface area contributed by atoms with Crippen LogP contribution in [0.2, 0.25) is 0 Å². The van der Waals surface area contributed by atoms with Crippen molar-refractivity contribution < 1.29 is 32.8 Å². The van der Waals surface area contributed by atoms with Crippen LogP contribution in [0.25, 0.3) is 0 Å². The summed E-state index contributed by atoms with van der Waals surface area (Å²) in [5.41, 5.74) is -0.0370. The molecule has 0 aromatic rings. The fourth-order valence-corrected chi connectivity index (χ4v) is 4.07. The summed E-state index contributed by atoms with van der Waals surface area (Å²) < 4.78 is 38.9. The van der Waals surface area contributed by atoms with Gasteiger partial charge in [-0.2, -0.15) is 0 Å². The van der Waals surface area contributed by atoms with Crippen molar-refractivity contribution >= 4 is 10.5 Å². The molecule has 28 heavy (non-hydrogen) atoms. The molecule has 0 N–H and O–H groups in total. The van der Waals surface area contributed by atoms with Gasteiger partial charge < -0.3 is 32.8 Å². The van der Waals surface area contributed by atoms with Gasteiger partial charge in [-0.15, -0.1) is 0 Å². The Morgan fingerprint density at radius 3 is 1.43 bits per heavy atom. The molecular weight excluding hydrogens is 380 g/mol. The van der Waals surface area contributed by atoms with Crippen LogP contribution in [0.5, 0.6) is 0 Å². The van der Waals surface area contributed by atoms with Gasteiger partial charge in [0.15, 0.2) is 0 Å². The number of hydrogen-bond donors (Lipinski definition) is 0. The first-order chi connectivity index (χ1) is 13.8. The van der Waals surface area contributed by atoms with Crippen LogP contribution in [-0.4, -0.2) is 93.9 Å². The number of hydrogen-bond acceptors (Lipinski definition) is 7. The summed E-state index contributed by atoms with van der Waals surface area (Å²) in [6.07, 6.45) is 8.47. The summed E-state index contributed by atoms with van der Waals surface area (Å²) in [5, 5.41) is 0. The minimum Gasteiger partial charge on any atom is -0.422 e. The summed E-state index contributed by atoms with van der Waals surface area (Å²) in [7, 11) is 0.755. The fourth-order valence-electron chi connectivity index (χ4n) is 3.46. The van der Waals surface area contributed by atoms with Crippen molar-refractivity contribution in [2.75, 3.05) is 59.5 Å². The zero-order valence-electron chi connectivity index (χ0n) is 17.4. The van der Waals surface area contributed by atoms with Crippen molar-refractivity contribution in [3.63, 3.8) is 0 Å². The third-order valence-corrected chi connectivity index (χ3v) is 6.43. The van der Waals surface area contributed by atoms with Gasteiger partial charge in [-0.25, -0.2) is 0 Å². The molecule has 7 nitrogen and oxygen atoms in total. The third-order valence-electron chi connectivity index (χ3n) is 5.56. The van der Waals surface area contributed by atoms with Crippen LogP contribution in [0.4, 0.5) is 0 Å². The maximum Gasteiger partial charge on any atom is 0.146 e. The van der Waals surface area contributed by atoms with Gasteiger partial charge in [-0.1, -0.05) is 0 Å². The van der Waals surface area contributed by atoms with Crippen LogP contribution in [0.3, 0.4) is 0 Å². The van der Waals surface area contributed by atoms with Gasteiger partial charge in [0.25, 0.3) is 0 Å². The third kappa shape index (κ3) is 10.1. The van der Waals surface area contributed by atoms with E-state index in [2.05, 4.69) is 0 Å². The lowest BCUT2D eigenvalue weighted by Gasteiger charge is -2.34. The van der Waals surface area contributed by atoms with Crippen molar-refractivity contribution in [3.8, 4) is 0 Å². The van der Waals surface area contributed by atoms with Gasteiger partial charge in [-0.3, -0.25) is 0 Å². The standard InChI is InChI=1S/C20H38O7Si/c28-27-20(6-3-9-22-12-18-15-25-18,7-4-10-23-13-19-16-26-19)5-1-2-8-21-11-17-14-24-17/h17-19H,1-16H2,28H3. The van der Waals surface area contributed by atoms with Crippen LogP contribution < -0.4 is 0 Å². The van der Waals surface area contributed by atoms with E-state index < -0.39 is 0 Å². The molecular formula is C20H38O7Si.